The van der Waals surface area contributed by atoms with Crippen molar-refractivity contribution in [1.82, 2.24) is 5.32 Å². The molecule has 0 heterocycles. The first kappa shape index (κ1) is 9.79. The molecule has 0 aromatic heterocycles. The summed E-state index contributed by atoms with van der Waals surface area (Å²) in [5, 5.41) is 3.41. The predicted molar refractivity (Wildman–Crippen MR) is 54.3 cm³/mol. The highest BCUT2D eigenvalue weighted by Gasteiger charge is 2.22. The molecule has 12 heavy (non-hydrogen) atoms. The van der Waals surface area contributed by atoms with Crippen LogP contribution in [0.15, 0.2) is 11.6 Å². The molecule has 0 aromatic rings. The molecular formula is C11H21N. The zero-order chi connectivity index (χ0) is 8.81. The largest absolute Gasteiger partial charge is 0.316 e. The monoisotopic (exact) mass is 167 g/mol. The van der Waals surface area contributed by atoms with Gasteiger partial charge in [0.05, 0.1) is 0 Å². The molecule has 1 N–H and O–H groups in total. The zero-order valence-corrected chi connectivity index (χ0v) is 8.40. The van der Waals surface area contributed by atoms with Crippen LogP contribution in [0.2, 0.25) is 0 Å². The van der Waals surface area contributed by atoms with Crippen LogP contribution in [0.4, 0.5) is 0 Å². The topological polar surface area (TPSA) is 12.0 Å². The normalized spacial score (nSPS) is 18.3. The number of nitrogens with one attached hydrogen (secondary N) is 1. The second-order valence-corrected chi connectivity index (χ2v) is 3.76. The molecule has 70 valence electrons. The van der Waals surface area contributed by atoms with Crippen LogP contribution in [-0.4, -0.2) is 13.1 Å². The van der Waals surface area contributed by atoms with E-state index in [0.29, 0.717) is 0 Å². The van der Waals surface area contributed by atoms with Crippen molar-refractivity contribution < 1.29 is 0 Å². The molecular weight excluding hydrogens is 146 g/mol. The van der Waals surface area contributed by atoms with Crippen LogP contribution >= 0.6 is 0 Å². The van der Waals surface area contributed by atoms with Gasteiger partial charge in [0.2, 0.25) is 0 Å². The fraction of sp³-hybridized carbons (Fsp3) is 0.818. The molecule has 0 saturated heterocycles. The summed E-state index contributed by atoms with van der Waals surface area (Å²) >= 11 is 0. The van der Waals surface area contributed by atoms with Crippen molar-refractivity contribution in [2.24, 2.45) is 5.92 Å². The molecule has 0 radical (unpaired) electrons. The molecule has 0 spiro atoms. The fourth-order valence-electron chi connectivity index (χ4n) is 1.41. The Hall–Kier alpha value is -0.300. The molecule has 0 amide bonds. The van der Waals surface area contributed by atoms with E-state index in [4.69, 9.17) is 0 Å². The minimum atomic E-state index is 0.955. The fourth-order valence-corrected chi connectivity index (χ4v) is 1.41. The maximum absolute atomic E-state index is 3.41. The lowest BCUT2D eigenvalue weighted by Gasteiger charge is -2.00. The molecule has 1 fully saturated rings. The Morgan fingerprint density at radius 3 is 2.75 bits per heavy atom. The van der Waals surface area contributed by atoms with Crippen LogP contribution in [0.25, 0.3) is 0 Å². The minimum Gasteiger partial charge on any atom is -0.316 e. The van der Waals surface area contributed by atoms with E-state index in [0.717, 1.165) is 19.0 Å². The Bertz CT molecular complexity index is 145. The van der Waals surface area contributed by atoms with Crippen LogP contribution in [0, 0.1) is 5.92 Å². The van der Waals surface area contributed by atoms with Gasteiger partial charge in [0, 0.05) is 0 Å². The predicted octanol–water partition coefficient (Wildman–Crippen LogP) is 2.73. The van der Waals surface area contributed by atoms with E-state index in [2.05, 4.69) is 25.2 Å². The van der Waals surface area contributed by atoms with Crippen molar-refractivity contribution in [2.45, 2.75) is 39.5 Å². The molecule has 1 heteroatoms. The summed E-state index contributed by atoms with van der Waals surface area (Å²) in [6.45, 7) is 6.80. The first-order chi connectivity index (χ1) is 5.84. The van der Waals surface area contributed by atoms with Crippen molar-refractivity contribution >= 4 is 0 Å². The molecule has 0 aliphatic heterocycles. The van der Waals surface area contributed by atoms with E-state index in [1.165, 1.54) is 25.7 Å². The molecule has 0 bridgehead atoms. The summed E-state index contributed by atoms with van der Waals surface area (Å²) in [5.74, 6) is 0.955. The van der Waals surface area contributed by atoms with Gasteiger partial charge in [0.15, 0.2) is 0 Å². The lowest BCUT2D eigenvalue weighted by atomic mass is 10.1. The quantitative estimate of drug-likeness (QED) is 0.474. The van der Waals surface area contributed by atoms with Gasteiger partial charge in [-0.2, -0.15) is 0 Å². The maximum atomic E-state index is 3.41. The molecule has 0 unspecified atom stereocenters. The van der Waals surface area contributed by atoms with Crippen molar-refractivity contribution in [3.63, 3.8) is 0 Å². The Morgan fingerprint density at radius 1 is 1.42 bits per heavy atom. The SMILES string of the molecule is CCCNCCC=C(C)C1CC1. The molecule has 1 aliphatic rings. The van der Waals surface area contributed by atoms with Gasteiger partial charge in [-0.1, -0.05) is 18.6 Å². The van der Waals surface area contributed by atoms with Crippen molar-refractivity contribution in [3.05, 3.63) is 11.6 Å². The van der Waals surface area contributed by atoms with Gasteiger partial charge in [0.1, 0.15) is 0 Å². The summed E-state index contributed by atoms with van der Waals surface area (Å²) in [6.07, 6.45) is 7.73. The van der Waals surface area contributed by atoms with Crippen LogP contribution in [0.1, 0.15) is 39.5 Å². The lowest BCUT2D eigenvalue weighted by Crippen LogP contribution is -2.15. The van der Waals surface area contributed by atoms with E-state index in [1.807, 2.05) is 0 Å². The molecule has 1 saturated carbocycles. The second kappa shape index (κ2) is 5.36. The highest BCUT2D eigenvalue weighted by atomic mass is 14.8. The molecule has 1 aliphatic carbocycles. The highest BCUT2D eigenvalue weighted by Crippen LogP contribution is 2.35. The zero-order valence-electron chi connectivity index (χ0n) is 8.40. The van der Waals surface area contributed by atoms with Gasteiger partial charge < -0.3 is 5.32 Å². The van der Waals surface area contributed by atoms with E-state index < -0.39 is 0 Å². The Kier molecular flexibility index (Phi) is 4.37. The highest BCUT2D eigenvalue weighted by molar-refractivity contribution is 5.09. The van der Waals surface area contributed by atoms with E-state index >= 15 is 0 Å². The lowest BCUT2D eigenvalue weighted by molar-refractivity contribution is 0.676. The average Bonchev–Trinajstić information content (AvgIpc) is 2.86. The molecule has 0 aromatic carbocycles. The van der Waals surface area contributed by atoms with Gasteiger partial charge in [-0.15, -0.1) is 0 Å². The number of allylic oxidation sites excluding steroid dienone is 1. The molecule has 1 rings (SSSR count). The Balaban J connectivity index is 1.96. The van der Waals surface area contributed by atoms with Gasteiger partial charge in [-0.05, 0) is 51.6 Å². The third-order valence-electron chi connectivity index (χ3n) is 2.44. The molecule has 1 nitrogen and oxygen atoms in total. The van der Waals surface area contributed by atoms with Gasteiger partial charge in [-0.25, -0.2) is 0 Å². The van der Waals surface area contributed by atoms with E-state index in [-0.39, 0.29) is 0 Å². The summed E-state index contributed by atoms with van der Waals surface area (Å²) < 4.78 is 0. The van der Waals surface area contributed by atoms with Crippen molar-refractivity contribution in [3.8, 4) is 0 Å². The first-order valence-corrected chi connectivity index (χ1v) is 5.22. The summed E-state index contributed by atoms with van der Waals surface area (Å²) in [4.78, 5) is 0. The van der Waals surface area contributed by atoms with E-state index in [1.54, 1.807) is 5.57 Å². The first-order valence-electron chi connectivity index (χ1n) is 5.22. The van der Waals surface area contributed by atoms with Crippen molar-refractivity contribution in [2.75, 3.05) is 13.1 Å². The van der Waals surface area contributed by atoms with E-state index in [9.17, 15) is 0 Å². The van der Waals surface area contributed by atoms with Gasteiger partial charge >= 0.3 is 0 Å². The third-order valence-corrected chi connectivity index (χ3v) is 2.44. The average molecular weight is 167 g/mol. The molecule has 0 atom stereocenters. The Morgan fingerprint density at radius 2 is 2.17 bits per heavy atom. The van der Waals surface area contributed by atoms with Crippen LogP contribution in [0.5, 0.6) is 0 Å². The standard InChI is InChI=1S/C11H21N/c1-3-8-12-9-4-5-10(2)11-6-7-11/h5,11-12H,3-4,6-9H2,1-2H3. The number of hydrogen-bond donors (Lipinski definition) is 1. The number of hydrogen-bond acceptors (Lipinski definition) is 1. The maximum Gasteiger partial charge on any atom is -0.00142 e. The summed E-state index contributed by atoms with van der Waals surface area (Å²) in [5.41, 5.74) is 1.62. The van der Waals surface area contributed by atoms with Crippen LogP contribution in [-0.2, 0) is 0 Å². The van der Waals surface area contributed by atoms with Gasteiger partial charge in [0.25, 0.3) is 0 Å². The van der Waals surface area contributed by atoms with Crippen LogP contribution < -0.4 is 5.32 Å². The third kappa shape index (κ3) is 3.91. The summed E-state index contributed by atoms with van der Waals surface area (Å²) in [6, 6.07) is 0. The second-order valence-electron chi connectivity index (χ2n) is 3.76. The Labute approximate surface area is 76.2 Å². The smallest absolute Gasteiger partial charge is 0.00142 e. The van der Waals surface area contributed by atoms with Crippen LogP contribution in [0.3, 0.4) is 0 Å². The number of rotatable bonds is 6. The summed E-state index contributed by atoms with van der Waals surface area (Å²) in [7, 11) is 0. The minimum absolute atomic E-state index is 0.955. The van der Waals surface area contributed by atoms with Gasteiger partial charge in [-0.3, -0.25) is 0 Å². The van der Waals surface area contributed by atoms with Crippen molar-refractivity contribution in [1.29, 1.82) is 0 Å².